The molecule has 124 valence electrons. The Hall–Kier alpha value is -0.560. The predicted molar refractivity (Wildman–Crippen MR) is 94.0 cm³/mol. The molecule has 0 aromatic heterocycles. The Kier molecular flexibility index (Phi) is 4.08. The van der Waals surface area contributed by atoms with Crippen LogP contribution in [-0.2, 0) is 0 Å². The molecule has 0 saturated heterocycles. The van der Waals surface area contributed by atoms with E-state index in [1.807, 2.05) is 0 Å². The number of quaternary nitrogens is 1. The molecule has 7 atom stereocenters. The standard InChI is InChI=1S/C21H35N/c1-14(2)9-12-21-13-15(3)17-10-11-20(5,22-6)18(19(17)21)8-7-16(21)4/h9,12,15-19H,1,6-8,10-11,13,22H2,2-5H3/b12-9+/t15-,16+,17+,18-,19+,20-,21-/m0/s1. The van der Waals surface area contributed by atoms with Crippen LogP contribution in [0.1, 0.15) is 59.8 Å². The zero-order valence-electron chi connectivity index (χ0n) is 15.1. The molecule has 0 unspecified atom stereocenters. The topological polar surface area (TPSA) is 16.6 Å². The van der Waals surface area contributed by atoms with Crippen molar-refractivity contribution in [2.45, 2.75) is 65.3 Å². The van der Waals surface area contributed by atoms with Crippen LogP contribution in [0.3, 0.4) is 0 Å². The van der Waals surface area contributed by atoms with Gasteiger partial charge in [-0.25, -0.2) is 0 Å². The van der Waals surface area contributed by atoms with Gasteiger partial charge in [-0.05, 0) is 68.6 Å². The number of hydrogen-bond acceptors (Lipinski definition) is 0. The maximum Gasteiger partial charge on any atom is 0.0726 e. The Morgan fingerprint density at radius 2 is 2.00 bits per heavy atom. The predicted octanol–water partition coefficient (Wildman–Crippen LogP) is 4.33. The van der Waals surface area contributed by atoms with Gasteiger partial charge in [0, 0.05) is 12.3 Å². The summed E-state index contributed by atoms with van der Waals surface area (Å²) in [6.45, 7) is 13.7. The summed E-state index contributed by atoms with van der Waals surface area (Å²) < 4.78 is 0. The molecule has 0 aromatic rings. The van der Waals surface area contributed by atoms with Crippen molar-refractivity contribution < 1.29 is 5.32 Å². The van der Waals surface area contributed by atoms with Crippen LogP contribution in [0.15, 0.2) is 24.3 Å². The molecule has 0 heterocycles. The number of hydrogen-bond donors (Lipinski definition) is 1. The van der Waals surface area contributed by atoms with Crippen molar-refractivity contribution in [1.29, 1.82) is 0 Å². The minimum atomic E-state index is 0.355. The summed E-state index contributed by atoms with van der Waals surface area (Å²) in [6, 6.07) is 0. The first-order valence-electron chi connectivity index (χ1n) is 9.32. The van der Waals surface area contributed by atoms with Gasteiger partial charge in [0.05, 0.1) is 5.54 Å². The first kappa shape index (κ1) is 16.3. The molecule has 1 nitrogen and oxygen atoms in total. The van der Waals surface area contributed by atoms with E-state index in [0.29, 0.717) is 11.0 Å². The van der Waals surface area contributed by atoms with Crippen LogP contribution >= 0.6 is 0 Å². The largest absolute Gasteiger partial charge is 0.474 e. The van der Waals surface area contributed by atoms with E-state index < -0.39 is 0 Å². The third-order valence-corrected chi connectivity index (χ3v) is 7.76. The highest BCUT2D eigenvalue weighted by Crippen LogP contribution is 2.66. The molecule has 0 radical (unpaired) electrons. The lowest BCUT2D eigenvalue weighted by atomic mass is 9.50. The van der Waals surface area contributed by atoms with Crippen LogP contribution in [0.5, 0.6) is 0 Å². The maximum atomic E-state index is 4.22. The monoisotopic (exact) mass is 301 g/mol. The fourth-order valence-electron chi connectivity index (χ4n) is 6.44. The molecule has 0 aliphatic heterocycles. The van der Waals surface area contributed by atoms with Gasteiger partial charge >= 0.3 is 0 Å². The zero-order chi connectivity index (χ0) is 16.1. The van der Waals surface area contributed by atoms with Crippen molar-refractivity contribution in [2.75, 3.05) is 0 Å². The maximum absolute atomic E-state index is 4.22. The molecule has 3 fully saturated rings. The SMILES string of the molecule is C=C(C)/C=C/[C@]12C[C@H](C)[C@H]3CC[C@](C)([NH2+][CH2-])[C@@H](CC[C@H]1C)[C@@H]32. The third-order valence-electron chi connectivity index (χ3n) is 7.76. The van der Waals surface area contributed by atoms with Crippen LogP contribution in [0.25, 0.3) is 0 Å². The normalized spacial score (nSPS) is 51.0. The third kappa shape index (κ3) is 2.23. The van der Waals surface area contributed by atoms with E-state index in [1.54, 1.807) is 0 Å². The molecule has 0 amide bonds. The molecule has 22 heavy (non-hydrogen) atoms. The van der Waals surface area contributed by atoms with Gasteiger partial charge in [0.1, 0.15) is 0 Å². The summed E-state index contributed by atoms with van der Waals surface area (Å²) in [7, 11) is 4.22. The minimum Gasteiger partial charge on any atom is -0.474 e. The van der Waals surface area contributed by atoms with Gasteiger partial charge < -0.3 is 5.32 Å². The molecule has 1 heteroatoms. The highest BCUT2D eigenvalue weighted by Gasteiger charge is 2.63. The van der Waals surface area contributed by atoms with E-state index in [4.69, 9.17) is 0 Å². The molecule has 3 rings (SSSR count). The van der Waals surface area contributed by atoms with Crippen LogP contribution in [-0.4, -0.2) is 5.54 Å². The van der Waals surface area contributed by atoms with Gasteiger partial charge in [-0.2, -0.15) is 7.05 Å². The van der Waals surface area contributed by atoms with E-state index in [-0.39, 0.29) is 0 Å². The van der Waals surface area contributed by atoms with Crippen LogP contribution in [0.4, 0.5) is 0 Å². The average molecular weight is 302 g/mol. The van der Waals surface area contributed by atoms with Gasteiger partial charge in [0.2, 0.25) is 0 Å². The van der Waals surface area contributed by atoms with Gasteiger partial charge in [0.15, 0.2) is 0 Å². The Morgan fingerprint density at radius 3 is 2.64 bits per heavy atom. The summed E-state index contributed by atoms with van der Waals surface area (Å²) in [5, 5.41) is 2.29. The first-order chi connectivity index (χ1) is 10.3. The molecule has 3 aliphatic carbocycles. The lowest BCUT2D eigenvalue weighted by Crippen LogP contribution is -2.94. The highest BCUT2D eigenvalue weighted by atomic mass is 15.0. The Balaban J connectivity index is 2.05. The quantitative estimate of drug-likeness (QED) is 0.590. The molecule has 0 aromatic carbocycles. The summed E-state index contributed by atoms with van der Waals surface area (Å²) in [5.74, 6) is 4.30. The zero-order valence-corrected chi connectivity index (χ0v) is 15.1. The van der Waals surface area contributed by atoms with E-state index in [0.717, 1.165) is 29.6 Å². The fraction of sp³-hybridized carbons (Fsp3) is 0.762. The Morgan fingerprint density at radius 1 is 1.27 bits per heavy atom. The van der Waals surface area contributed by atoms with Crippen LogP contribution in [0.2, 0.25) is 0 Å². The van der Waals surface area contributed by atoms with Crippen molar-refractivity contribution >= 4 is 0 Å². The molecule has 0 spiro atoms. The molecule has 2 N–H and O–H groups in total. The number of allylic oxidation sites excluding steroid dienone is 3. The summed E-state index contributed by atoms with van der Waals surface area (Å²) in [4.78, 5) is 0. The van der Waals surface area contributed by atoms with Gasteiger partial charge in [0.25, 0.3) is 0 Å². The van der Waals surface area contributed by atoms with Crippen molar-refractivity contribution in [3.05, 3.63) is 31.4 Å². The van der Waals surface area contributed by atoms with Crippen molar-refractivity contribution in [2.24, 2.45) is 35.0 Å². The van der Waals surface area contributed by atoms with Gasteiger partial charge in [-0.15, -0.1) is 0 Å². The van der Waals surface area contributed by atoms with Crippen molar-refractivity contribution in [1.82, 2.24) is 0 Å². The number of rotatable bonds is 3. The second-order valence-corrected chi connectivity index (χ2v) is 9.00. The molecule has 3 saturated carbocycles. The lowest BCUT2D eigenvalue weighted by molar-refractivity contribution is -0.688. The van der Waals surface area contributed by atoms with Crippen LogP contribution < -0.4 is 5.32 Å². The van der Waals surface area contributed by atoms with E-state index in [2.05, 4.69) is 58.8 Å². The lowest BCUT2D eigenvalue weighted by Gasteiger charge is -2.56. The molecule has 3 aliphatic rings. The Bertz CT molecular complexity index is 478. The van der Waals surface area contributed by atoms with Gasteiger partial charge in [-0.3, -0.25) is 0 Å². The first-order valence-corrected chi connectivity index (χ1v) is 9.32. The average Bonchev–Trinajstić information content (AvgIpc) is 2.78. The Labute approximate surface area is 137 Å². The molecular weight excluding hydrogens is 266 g/mol. The summed E-state index contributed by atoms with van der Waals surface area (Å²) >= 11 is 0. The highest BCUT2D eigenvalue weighted by molar-refractivity contribution is 5.23. The second kappa shape index (κ2) is 5.51. The van der Waals surface area contributed by atoms with Crippen molar-refractivity contribution in [3.8, 4) is 0 Å². The van der Waals surface area contributed by atoms with E-state index in [1.165, 1.54) is 37.7 Å². The van der Waals surface area contributed by atoms with Gasteiger partial charge in [-0.1, -0.05) is 38.2 Å². The van der Waals surface area contributed by atoms with Crippen molar-refractivity contribution in [3.63, 3.8) is 0 Å². The fourth-order valence-corrected chi connectivity index (χ4v) is 6.44. The minimum absolute atomic E-state index is 0.355. The smallest absolute Gasteiger partial charge is 0.0726 e. The van der Waals surface area contributed by atoms with E-state index >= 15 is 0 Å². The van der Waals surface area contributed by atoms with Crippen LogP contribution in [0, 0.1) is 42.1 Å². The molecule has 0 bridgehead atoms. The van der Waals surface area contributed by atoms with E-state index in [9.17, 15) is 0 Å². The summed E-state index contributed by atoms with van der Waals surface area (Å²) in [6.07, 6.45) is 11.8. The molecular formula is C21H35N. The summed E-state index contributed by atoms with van der Waals surface area (Å²) in [5.41, 5.74) is 1.96. The second-order valence-electron chi connectivity index (χ2n) is 9.00. The number of nitrogens with two attached hydrogens (primary N) is 1.